The van der Waals surface area contributed by atoms with Crippen LogP contribution in [0.3, 0.4) is 0 Å². The molecule has 0 bridgehead atoms. The van der Waals surface area contributed by atoms with E-state index in [2.05, 4.69) is 5.32 Å². The molecule has 0 saturated heterocycles. The minimum atomic E-state index is -3.23. The van der Waals surface area contributed by atoms with E-state index in [1.54, 1.807) is 45.0 Å². The van der Waals surface area contributed by atoms with Gasteiger partial charge in [0, 0.05) is 18.0 Å². The van der Waals surface area contributed by atoms with Gasteiger partial charge in [-0.2, -0.15) is 0 Å². The lowest BCUT2D eigenvalue weighted by molar-refractivity contribution is -0.384. The normalized spacial score (nSPS) is 12.5. The van der Waals surface area contributed by atoms with Gasteiger partial charge in [0.25, 0.3) is 11.6 Å². The summed E-state index contributed by atoms with van der Waals surface area (Å²) in [6.45, 7) is 5.41. The Morgan fingerprint density at radius 3 is 2.13 bits per heavy atom. The minimum absolute atomic E-state index is 0.207. The molecule has 0 aliphatic carbocycles. The second kappa shape index (κ2) is 15.0. The van der Waals surface area contributed by atoms with Crippen molar-refractivity contribution in [2.45, 2.75) is 45.4 Å². The molecule has 13 heteroatoms. The Morgan fingerprint density at radius 1 is 0.935 bits per heavy atom. The van der Waals surface area contributed by atoms with Crippen LogP contribution in [0.4, 0.5) is 16.2 Å². The van der Waals surface area contributed by atoms with E-state index in [1.807, 2.05) is 54.6 Å². The van der Waals surface area contributed by atoms with Crippen LogP contribution in [0, 0.1) is 10.1 Å². The summed E-state index contributed by atoms with van der Waals surface area (Å²) in [5.74, 6) is -0.603. The maximum absolute atomic E-state index is 13.6. The Kier molecular flexibility index (Phi) is 11.1. The van der Waals surface area contributed by atoms with E-state index < -0.39 is 45.5 Å². The molecule has 0 fully saturated rings. The van der Waals surface area contributed by atoms with Gasteiger partial charge in [-0.3, -0.25) is 19.1 Å². The number of benzene rings is 4. The third kappa shape index (κ3) is 9.36. The Labute approximate surface area is 273 Å². The highest BCUT2D eigenvalue weighted by atomic mass is 35.5. The zero-order valence-electron chi connectivity index (χ0n) is 25.2. The van der Waals surface area contributed by atoms with Crippen molar-refractivity contribution in [2.75, 3.05) is 4.31 Å². The number of nitro groups is 1. The molecule has 0 heterocycles. The average Bonchev–Trinajstić information content (AvgIpc) is 3.00. The number of anilines is 1. The number of alkyl carbamates (subject to hydrolysis) is 1. The summed E-state index contributed by atoms with van der Waals surface area (Å²) in [6.07, 6.45) is -2.78. The molecule has 46 heavy (non-hydrogen) atoms. The Hall–Kier alpha value is -4.78. The van der Waals surface area contributed by atoms with E-state index in [9.17, 15) is 28.5 Å². The molecule has 0 aliphatic rings. The van der Waals surface area contributed by atoms with E-state index in [-0.39, 0.29) is 17.1 Å². The first-order chi connectivity index (χ1) is 21.8. The molecular weight excluding hydrogens is 634 g/mol. The number of nitro benzene ring substituents is 1. The van der Waals surface area contributed by atoms with Gasteiger partial charge in [0.05, 0.1) is 21.9 Å². The fourth-order valence-corrected chi connectivity index (χ4v) is 5.09. The Balaban J connectivity index is 1.50. The highest BCUT2D eigenvalue weighted by molar-refractivity contribution is 7.81. The number of rotatable bonds is 11. The fourth-order valence-electron chi connectivity index (χ4n) is 4.36. The number of amides is 2. The molecule has 0 radical (unpaired) electrons. The van der Waals surface area contributed by atoms with E-state index >= 15 is 0 Å². The van der Waals surface area contributed by atoms with Crippen LogP contribution < -0.4 is 14.4 Å². The maximum atomic E-state index is 13.6. The first kappa shape index (κ1) is 34.1. The summed E-state index contributed by atoms with van der Waals surface area (Å²) in [4.78, 5) is 36.8. The van der Waals surface area contributed by atoms with Gasteiger partial charge in [0.15, 0.2) is 6.10 Å². The molecule has 0 saturated carbocycles. The number of hydrogen-bond acceptors (Lipinski definition) is 8. The van der Waals surface area contributed by atoms with Crippen molar-refractivity contribution < 1.29 is 32.7 Å². The van der Waals surface area contributed by atoms with E-state index in [4.69, 9.17) is 21.1 Å². The van der Waals surface area contributed by atoms with Gasteiger partial charge in [-0.15, -0.1) is 0 Å². The highest BCUT2D eigenvalue weighted by Gasteiger charge is 2.32. The number of hydrogen-bond donors (Lipinski definition) is 1. The summed E-state index contributed by atoms with van der Waals surface area (Å²) in [5.41, 5.74) is 2.02. The van der Waals surface area contributed by atoms with Gasteiger partial charge in [-0.05, 0) is 67.3 Å². The van der Waals surface area contributed by atoms with Gasteiger partial charge in [-0.1, -0.05) is 78.3 Å². The van der Waals surface area contributed by atoms with Crippen molar-refractivity contribution in [3.63, 3.8) is 0 Å². The SMILES string of the molecule is CC(C)(C)NC(=O)O[C@@H](Cc1ccc(OCc2ccc(-c3ccccc3)cc2)cc1)C(=O)N(c1ccc(Cl)c([N+](=O)[O-])c1)S(=O)[O-]. The van der Waals surface area contributed by atoms with Crippen LogP contribution in [0.15, 0.2) is 97.1 Å². The number of halogens is 1. The van der Waals surface area contributed by atoms with Crippen molar-refractivity contribution in [2.24, 2.45) is 0 Å². The molecule has 11 nitrogen and oxygen atoms in total. The summed E-state index contributed by atoms with van der Waals surface area (Å²) in [5, 5.41) is 13.7. The summed E-state index contributed by atoms with van der Waals surface area (Å²) in [7, 11) is 0. The lowest BCUT2D eigenvalue weighted by atomic mass is 10.0. The van der Waals surface area contributed by atoms with Gasteiger partial charge in [-0.25, -0.2) is 9.10 Å². The van der Waals surface area contributed by atoms with Gasteiger partial charge >= 0.3 is 6.09 Å². The van der Waals surface area contributed by atoms with E-state index in [0.717, 1.165) is 34.9 Å². The molecule has 4 rings (SSSR count). The van der Waals surface area contributed by atoms with Gasteiger partial charge in [0.2, 0.25) is 0 Å². The second-order valence-corrected chi connectivity index (χ2v) is 12.4. The van der Waals surface area contributed by atoms with Crippen LogP contribution in [-0.4, -0.2) is 37.3 Å². The quantitative estimate of drug-likeness (QED) is 0.105. The van der Waals surface area contributed by atoms with Crippen LogP contribution in [0.5, 0.6) is 5.75 Å². The molecule has 1 N–H and O–H groups in total. The number of ether oxygens (including phenoxy) is 2. The molecular formula is C33H31ClN3O8S-. The van der Waals surface area contributed by atoms with E-state index in [1.165, 1.54) is 0 Å². The molecule has 0 aromatic heterocycles. The summed E-state index contributed by atoms with van der Waals surface area (Å²) in [6, 6.07) is 27.8. The highest BCUT2D eigenvalue weighted by Crippen LogP contribution is 2.31. The number of carbonyl (C=O) groups is 2. The standard InChI is InChI=1S/C33H32ClN3O8S/c1-33(2,3)35-32(39)45-30(31(38)36(46(42)43)26-15-18-28(34)29(20-26)37(40)41)19-22-11-16-27(17-12-22)44-21-23-9-13-25(14-10-23)24-7-5-4-6-8-24/h4-18,20,30H,19,21H2,1-3H3,(H,35,39)(H,42,43)/p-1/t30-/m0/s1. The van der Waals surface area contributed by atoms with Crippen molar-refractivity contribution >= 4 is 46.2 Å². The van der Waals surface area contributed by atoms with Gasteiger partial charge < -0.3 is 19.3 Å². The largest absolute Gasteiger partial charge is 0.755 e. The minimum Gasteiger partial charge on any atom is -0.755 e. The molecule has 0 spiro atoms. The lowest BCUT2D eigenvalue weighted by Crippen LogP contribution is -2.48. The molecule has 0 aliphatic heterocycles. The second-order valence-electron chi connectivity index (χ2n) is 11.2. The Morgan fingerprint density at radius 2 is 1.54 bits per heavy atom. The third-order valence-electron chi connectivity index (χ3n) is 6.52. The van der Waals surface area contributed by atoms with Crippen molar-refractivity contribution in [1.29, 1.82) is 0 Å². The molecule has 240 valence electrons. The first-order valence-corrected chi connectivity index (χ1v) is 15.4. The van der Waals surface area contributed by atoms with Gasteiger partial charge in [0.1, 0.15) is 17.4 Å². The van der Waals surface area contributed by atoms with E-state index in [0.29, 0.717) is 22.2 Å². The smallest absolute Gasteiger partial charge is 0.408 e. The maximum Gasteiger partial charge on any atom is 0.408 e. The van der Waals surface area contributed by atoms with Crippen LogP contribution in [0.2, 0.25) is 5.02 Å². The number of carbonyl (C=O) groups excluding carboxylic acids is 2. The molecule has 4 aromatic rings. The predicted molar refractivity (Wildman–Crippen MR) is 174 cm³/mol. The summed E-state index contributed by atoms with van der Waals surface area (Å²) < 4.78 is 36.1. The van der Waals surface area contributed by atoms with Crippen LogP contribution in [0.25, 0.3) is 11.1 Å². The molecule has 2 amide bonds. The van der Waals surface area contributed by atoms with Crippen molar-refractivity contribution in [3.8, 4) is 16.9 Å². The number of nitrogens with one attached hydrogen (secondary N) is 1. The monoisotopic (exact) mass is 664 g/mol. The molecule has 2 atom stereocenters. The predicted octanol–water partition coefficient (Wildman–Crippen LogP) is 6.76. The topological polar surface area (TPSA) is 151 Å². The van der Waals surface area contributed by atoms with Crippen molar-refractivity contribution in [3.05, 3.63) is 123 Å². The lowest BCUT2D eigenvalue weighted by Gasteiger charge is -2.29. The average molecular weight is 665 g/mol. The zero-order chi connectivity index (χ0) is 33.4. The first-order valence-electron chi connectivity index (χ1n) is 14.0. The van der Waals surface area contributed by atoms with Crippen LogP contribution in [0.1, 0.15) is 31.9 Å². The van der Waals surface area contributed by atoms with Crippen molar-refractivity contribution in [1.82, 2.24) is 5.32 Å². The zero-order valence-corrected chi connectivity index (χ0v) is 26.7. The molecule has 1 unspecified atom stereocenters. The fraction of sp³-hybridized carbons (Fsp3) is 0.212. The number of nitrogens with zero attached hydrogens (tertiary/aromatic N) is 2. The summed E-state index contributed by atoms with van der Waals surface area (Å²) >= 11 is 2.64. The molecule has 4 aromatic carbocycles. The van der Waals surface area contributed by atoms with Crippen LogP contribution in [-0.2, 0) is 33.8 Å². The Bertz CT molecular complexity index is 1710. The van der Waals surface area contributed by atoms with Crippen LogP contribution >= 0.6 is 11.6 Å². The third-order valence-corrected chi connectivity index (χ3v) is 7.53.